The van der Waals surface area contributed by atoms with E-state index in [0.29, 0.717) is 11.1 Å². The number of carboxylic acids is 1. The van der Waals surface area contributed by atoms with Gasteiger partial charge in [-0.1, -0.05) is 60.7 Å². The molecule has 4 aromatic rings. The number of aromatic amines is 1. The fourth-order valence-electron chi connectivity index (χ4n) is 4.33. The third-order valence-corrected chi connectivity index (χ3v) is 6.12. The van der Waals surface area contributed by atoms with Gasteiger partial charge in [0.15, 0.2) is 0 Å². The van der Waals surface area contributed by atoms with E-state index in [2.05, 4.69) is 10.3 Å². The molecule has 0 aliphatic carbocycles. The number of benzene rings is 3. The smallest absolute Gasteiger partial charge is 0.337 e. The van der Waals surface area contributed by atoms with E-state index in [4.69, 9.17) is 0 Å². The van der Waals surface area contributed by atoms with Crippen molar-refractivity contribution < 1.29 is 24.3 Å². The van der Waals surface area contributed by atoms with Crippen molar-refractivity contribution in [3.63, 3.8) is 0 Å². The van der Waals surface area contributed by atoms with Gasteiger partial charge in [0.05, 0.1) is 17.7 Å². The van der Waals surface area contributed by atoms with Gasteiger partial charge in [-0.3, -0.25) is 9.59 Å². The van der Waals surface area contributed by atoms with Gasteiger partial charge in [0.1, 0.15) is 6.04 Å². The highest BCUT2D eigenvalue weighted by Crippen LogP contribution is 2.26. The van der Waals surface area contributed by atoms with Gasteiger partial charge in [-0.25, -0.2) is 14.6 Å². The number of hydrazine groups is 1. The van der Waals surface area contributed by atoms with Crippen LogP contribution in [0.4, 0.5) is 4.79 Å². The van der Waals surface area contributed by atoms with E-state index in [1.54, 1.807) is 48.7 Å². The summed E-state index contributed by atoms with van der Waals surface area (Å²) in [5.74, 6) is -2.54. The van der Waals surface area contributed by atoms with E-state index < -0.39 is 29.9 Å². The second-order valence-electron chi connectivity index (χ2n) is 8.41. The molecule has 0 unspecified atom stereocenters. The number of urea groups is 1. The number of rotatable bonds is 7. The molecule has 9 heteroatoms. The molecule has 180 valence electrons. The van der Waals surface area contributed by atoms with Crippen molar-refractivity contribution in [1.29, 1.82) is 0 Å². The Labute approximate surface area is 205 Å². The summed E-state index contributed by atoms with van der Waals surface area (Å²) < 4.78 is 0. The fourth-order valence-corrected chi connectivity index (χ4v) is 4.33. The lowest BCUT2D eigenvalue weighted by molar-refractivity contribution is -0.139. The second-order valence-corrected chi connectivity index (χ2v) is 8.41. The van der Waals surface area contributed by atoms with Crippen LogP contribution in [-0.2, 0) is 17.8 Å². The lowest BCUT2D eigenvalue weighted by atomic mass is 10.1. The summed E-state index contributed by atoms with van der Waals surface area (Å²) in [6.07, 6.45) is 1.71. The molecule has 0 fully saturated rings. The molecule has 4 amide bonds. The van der Waals surface area contributed by atoms with Gasteiger partial charge >= 0.3 is 12.0 Å². The highest BCUT2D eigenvalue weighted by molar-refractivity contribution is 6.21. The minimum Gasteiger partial charge on any atom is -0.480 e. The van der Waals surface area contributed by atoms with Crippen LogP contribution in [0.3, 0.4) is 0 Å². The molecule has 0 saturated carbocycles. The average molecular weight is 482 g/mol. The first-order valence-corrected chi connectivity index (χ1v) is 11.3. The van der Waals surface area contributed by atoms with Crippen molar-refractivity contribution in [2.45, 2.75) is 19.0 Å². The Morgan fingerprint density at radius 3 is 2.17 bits per heavy atom. The minimum absolute atomic E-state index is 0.00633. The Balaban J connectivity index is 1.44. The summed E-state index contributed by atoms with van der Waals surface area (Å²) in [4.78, 5) is 54.9. The number of para-hydroxylation sites is 1. The molecule has 1 atom stereocenters. The Hall–Kier alpha value is -4.92. The van der Waals surface area contributed by atoms with E-state index in [0.717, 1.165) is 20.9 Å². The van der Waals surface area contributed by atoms with Crippen LogP contribution < -0.4 is 5.32 Å². The van der Waals surface area contributed by atoms with E-state index in [1.165, 1.54) is 12.1 Å². The highest BCUT2D eigenvalue weighted by atomic mass is 16.4. The maximum Gasteiger partial charge on any atom is 0.337 e. The van der Waals surface area contributed by atoms with Crippen LogP contribution in [0.5, 0.6) is 0 Å². The monoisotopic (exact) mass is 482 g/mol. The first-order valence-electron chi connectivity index (χ1n) is 11.3. The average Bonchev–Trinajstić information content (AvgIpc) is 3.41. The Morgan fingerprint density at radius 1 is 0.889 bits per heavy atom. The van der Waals surface area contributed by atoms with Crippen LogP contribution >= 0.6 is 0 Å². The third kappa shape index (κ3) is 4.18. The van der Waals surface area contributed by atoms with Crippen molar-refractivity contribution in [1.82, 2.24) is 20.3 Å². The number of amides is 4. The number of H-pyrrole nitrogens is 1. The molecular weight excluding hydrogens is 460 g/mol. The minimum atomic E-state index is -1.30. The van der Waals surface area contributed by atoms with Gasteiger partial charge in [-0.15, -0.1) is 0 Å². The Kier molecular flexibility index (Phi) is 5.95. The zero-order chi connectivity index (χ0) is 25.2. The van der Waals surface area contributed by atoms with E-state index in [1.807, 2.05) is 24.3 Å². The molecule has 36 heavy (non-hydrogen) atoms. The highest BCUT2D eigenvalue weighted by Gasteiger charge is 2.42. The quantitative estimate of drug-likeness (QED) is 0.348. The number of nitrogens with zero attached hydrogens (tertiary/aromatic N) is 2. The number of imide groups is 1. The molecule has 9 nitrogen and oxygen atoms in total. The molecule has 0 spiro atoms. The molecule has 1 aliphatic rings. The van der Waals surface area contributed by atoms with Gasteiger partial charge in [0.2, 0.25) is 0 Å². The van der Waals surface area contributed by atoms with Gasteiger partial charge in [0, 0.05) is 23.5 Å². The number of aromatic nitrogens is 1. The van der Waals surface area contributed by atoms with Gasteiger partial charge < -0.3 is 15.4 Å². The predicted octanol–water partition coefficient (Wildman–Crippen LogP) is 3.59. The number of carbonyl (C=O) groups is 4. The molecule has 3 aromatic carbocycles. The van der Waals surface area contributed by atoms with E-state index >= 15 is 0 Å². The standard InChI is InChI=1S/C27H22N4O5/c32-24-20-11-4-5-12-21(20)25(33)31(24)30(16-17-8-2-1-3-9-17)27(36)29-23(26(34)35)14-18-15-28-22-13-7-6-10-19(18)22/h1-13,15,23,28H,14,16H2,(H,29,36)(H,34,35)/t23-/m0/s1. The third-order valence-electron chi connectivity index (χ3n) is 6.12. The number of hydrogen-bond donors (Lipinski definition) is 3. The maximum atomic E-state index is 13.5. The zero-order valence-corrected chi connectivity index (χ0v) is 19.0. The lowest BCUT2D eigenvalue weighted by Gasteiger charge is -2.31. The van der Waals surface area contributed by atoms with E-state index in [9.17, 15) is 24.3 Å². The van der Waals surface area contributed by atoms with Gasteiger partial charge in [-0.2, -0.15) is 5.01 Å². The zero-order valence-electron chi connectivity index (χ0n) is 19.0. The molecule has 0 radical (unpaired) electrons. The molecule has 2 heterocycles. The topological polar surface area (TPSA) is 123 Å². The lowest BCUT2D eigenvalue weighted by Crippen LogP contribution is -2.56. The summed E-state index contributed by atoms with van der Waals surface area (Å²) in [5.41, 5.74) is 2.59. The number of fused-ring (bicyclic) bond motifs is 2. The number of aliphatic carboxylic acids is 1. The number of carbonyl (C=O) groups excluding carboxylic acids is 3. The largest absolute Gasteiger partial charge is 0.480 e. The summed E-state index contributed by atoms with van der Waals surface area (Å²) in [7, 11) is 0. The van der Waals surface area contributed by atoms with Crippen LogP contribution in [0.2, 0.25) is 0 Å². The van der Waals surface area contributed by atoms with Crippen molar-refractivity contribution in [3.05, 3.63) is 107 Å². The predicted molar refractivity (Wildman–Crippen MR) is 131 cm³/mol. The number of nitrogens with one attached hydrogen (secondary N) is 2. The molecule has 1 aliphatic heterocycles. The molecule has 3 N–H and O–H groups in total. The molecule has 0 saturated heterocycles. The van der Waals surface area contributed by atoms with Crippen LogP contribution in [0.25, 0.3) is 10.9 Å². The van der Waals surface area contributed by atoms with Crippen LogP contribution in [0.1, 0.15) is 31.8 Å². The number of carboxylic acid groups (broad SMARTS) is 1. The summed E-state index contributed by atoms with van der Waals surface area (Å²) in [6, 6.07) is 20.4. The SMILES string of the molecule is O=C(O)[C@H](Cc1c[nH]c2ccccc12)NC(=O)N(Cc1ccccc1)N1C(=O)c2ccccc2C1=O. The van der Waals surface area contributed by atoms with Crippen molar-refractivity contribution in [3.8, 4) is 0 Å². The van der Waals surface area contributed by atoms with E-state index in [-0.39, 0.29) is 24.1 Å². The van der Waals surface area contributed by atoms with Gasteiger partial charge in [0.25, 0.3) is 11.8 Å². The normalized spacial score (nSPS) is 13.5. The molecule has 5 rings (SSSR count). The van der Waals surface area contributed by atoms with Crippen molar-refractivity contribution in [2.75, 3.05) is 0 Å². The summed E-state index contributed by atoms with van der Waals surface area (Å²) in [5, 5.41) is 15.0. The first-order chi connectivity index (χ1) is 17.4. The Bertz CT molecular complexity index is 1440. The van der Waals surface area contributed by atoms with Crippen LogP contribution in [-0.4, -0.2) is 50.0 Å². The number of hydrogen-bond acceptors (Lipinski definition) is 4. The first kappa shape index (κ1) is 22.9. The van der Waals surface area contributed by atoms with Crippen molar-refractivity contribution >= 4 is 34.7 Å². The molecule has 1 aromatic heterocycles. The maximum absolute atomic E-state index is 13.5. The summed E-state index contributed by atoms with van der Waals surface area (Å²) >= 11 is 0. The molecular formula is C27H22N4O5. The van der Waals surface area contributed by atoms with Crippen LogP contribution in [0.15, 0.2) is 85.1 Å². The van der Waals surface area contributed by atoms with Crippen molar-refractivity contribution in [2.24, 2.45) is 0 Å². The Morgan fingerprint density at radius 2 is 1.50 bits per heavy atom. The molecule has 0 bridgehead atoms. The fraction of sp³-hybridized carbons (Fsp3) is 0.111. The van der Waals surface area contributed by atoms with Gasteiger partial charge in [-0.05, 0) is 29.3 Å². The second kappa shape index (κ2) is 9.38. The van der Waals surface area contributed by atoms with Crippen LogP contribution in [0, 0.1) is 0 Å². The summed E-state index contributed by atoms with van der Waals surface area (Å²) in [6.45, 7) is -0.114.